The lowest BCUT2D eigenvalue weighted by Gasteiger charge is -2.26. The molecule has 0 atom stereocenters. The number of anilines is 6. The molecule has 0 bridgehead atoms. The second-order valence-electron chi connectivity index (χ2n) is 16.4. The molecule has 0 N–H and O–H groups in total. The lowest BCUT2D eigenvalue weighted by Crippen LogP contribution is -2.10. The Balaban J connectivity index is 1.13. The van der Waals surface area contributed by atoms with E-state index in [9.17, 15) is 5.26 Å². The smallest absolute Gasteiger partial charge is 0.211 e. The Labute approximate surface area is 399 Å². The third-order valence-electron chi connectivity index (χ3n) is 12.2. The summed E-state index contributed by atoms with van der Waals surface area (Å²) < 4.78 is 2.19. The van der Waals surface area contributed by atoms with Crippen LogP contribution in [0.2, 0.25) is 0 Å². The molecule has 69 heavy (non-hydrogen) atoms. The van der Waals surface area contributed by atoms with Crippen LogP contribution in [0.5, 0.6) is 0 Å². The van der Waals surface area contributed by atoms with Crippen LogP contribution in [0.25, 0.3) is 71.1 Å². The molecular weight excluding hydrogens is 845 g/mol. The van der Waals surface area contributed by atoms with Gasteiger partial charge in [-0.2, -0.15) is 5.26 Å². The Bertz CT molecular complexity index is 3640. The molecule has 8 nitrogen and oxygen atoms in total. The molecule has 9 aromatic carbocycles. The highest BCUT2D eigenvalue weighted by Crippen LogP contribution is 2.44. The van der Waals surface area contributed by atoms with Crippen LogP contribution in [0, 0.1) is 24.5 Å². The summed E-state index contributed by atoms with van der Waals surface area (Å²) in [6.07, 6.45) is 0. The first-order valence-electron chi connectivity index (χ1n) is 22.4. The molecule has 0 fully saturated rings. The van der Waals surface area contributed by atoms with E-state index in [4.69, 9.17) is 23.1 Å². The van der Waals surface area contributed by atoms with Gasteiger partial charge < -0.3 is 14.4 Å². The van der Waals surface area contributed by atoms with Crippen molar-refractivity contribution in [2.24, 2.45) is 0 Å². The molecule has 0 unspecified atom stereocenters. The molecule has 0 amide bonds. The molecule has 2 heterocycles. The zero-order chi connectivity index (χ0) is 46.7. The second kappa shape index (κ2) is 18.1. The normalized spacial score (nSPS) is 10.9. The van der Waals surface area contributed by atoms with Crippen molar-refractivity contribution in [1.82, 2.24) is 14.5 Å². The van der Waals surface area contributed by atoms with E-state index in [1.165, 1.54) is 0 Å². The average Bonchev–Trinajstić information content (AvgIpc) is 3.75. The molecule has 2 aromatic heterocycles. The van der Waals surface area contributed by atoms with E-state index in [1.54, 1.807) is 0 Å². The Morgan fingerprint density at radius 2 is 0.884 bits per heavy atom. The number of aromatic nitrogens is 3. The van der Waals surface area contributed by atoms with Crippen LogP contribution >= 0.6 is 0 Å². The first-order chi connectivity index (χ1) is 34.1. The first kappa shape index (κ1) is 41.6. The van der Waals surface area contributed by atoms with Gasteiger partial charge >= 0.3 is 0 Å². The molecule has 8 heteroatoms. The van der Waals surface area contributed by atoms with E-state index in [0.717, 1.165) is 84.0 Å². The number of hydrogen-bond donors (Lipinski definition) is 0. The monoisotopic (exact) mass is 882 g/mol. The maximum atomic E-state index is 9.68. The quantitative estimate of drug-likeness (QED) is 0.128. The van der Waals surface area contributed by atoms with E-state index < -0.39 is 0 Å². The number of fused-ring (bicyclic) bond motifs is 3. The van der Waals surface area contributed by atoms with Gasteiger partial charge in [-0.1, -0.05) is 115 Å². The van der Waals surface area contributed by atoms with Crippen LogP contribution in [0.3, 0.4) is 0 Å². The van der Waals surface area contributed by atoms with Crippen molar-refractivity contribution in [3.05, 3.63) is 259 Å². The van der Waals surface area contributed by atoms with E-state index in [2.05, 4.69) is 90.8 Å². The van der Waals surface area contributed by atoms with Crippen molar-refractivity contribution < 1.29 is 0 Å². The van der Waals surface area contributed by atoms with Gasteiger partial charge in [0.1, 0.15) is 0 Å². The van der Waals surface area contributed by atoms with Crippen LogP contribution in [-0.4, -0.2) is 14.5 Å². The van der Waals surface area contributed by atoms with Gasteiger partial charge in [0.25, 0.3) is 0 Å². The highest BCUT2D eigenvalue weighted by atomic mass is 15.2. The predicted octanol–water partition coefficient (Wildman–Crippen LogP) is 16.5. The van der Waals surface area contributed by atoms with Crippen molar-refractivity contribution >= 4 is 67.3 Å². The summed E-state index contributed by atoms with van der Waals surface area (Å²) in [4.78, 5) is 22.3. The Morgan fingerprint density at radius 1 is 0.420 bits per heavy atom. The lowest BCUT2D eigenvalue weighted by molar-refractivity contribution is 1.17. The third kappa shape index (κ3) is 7.96. The maximum Gasteiger partial charge on any atom is 0.211 e. The largest absolute Gasteiger partial charge is 0.319 e. The van der Waals surface area contributed by atoms with Crippen molar-refractivity contribution in [2.45, 2.75) is 0 Å². The molecule has 0 saturated heterocycles. The Hall–Kier alpha value is -10.1. The summed E-state index contributed by atoms with van der Waals surface area (Å²) in [5.41, 5.74) is 13.9. The lowest BCUT2D eigenvalue weighted by atomic mass is 10.1. The van der Waals surface area contributed by atoms with Gasteiger partial charge in [-0.3, -0.25) is 0 Å². The van der Waals surface area contributed by atoms with Gasteiger partial charge in [0, 0.05) is 56.0 Å². The van der Waals surface area contributed by atoms with E-state index in [1.807, 2.05) is 170 Å². The molecule has 0 aliphatic carbocycles. The summed E-state index contributed by atoms with van der Waals surface area (Å²) in [6, 6.07) is 78.9. The number of benzene rings is 9. The number of para-hydroxylation sites is 2. The maximum absolute atomic E-state index is 9.68. The van der Waals surface area contributed by atoms with Gasteiger partial charge in [0.15, 0.2) is 11.5 Å². The SMILES string of the molecule is [C-]#[N+]c1ccc(N(c2ccc(C#N)cc2)c2ccc3c(c2)c2cc(N(c4ccccc4)c4ccccc4)ccc2n3-c2ccc(-c3cc(-c4ccccc4)nc(-c4ccccc4)n3)cc2[N+]#[C-])cc1. The summed E-state index contributed by atoms with van der Waals surface area (Å²) in [6.45, 7) is 16.3. The van der Waals surface area contributed by atoms with Crippen LogP contribution in [0.15, 0.2) is 231 Å². The fourth-order valence-corrected chi connectivity index (χ4v) is 8.98. The topological polar surface area (TPSA) is 69.7 Å². The highest BCUT2D eigenvalue weighted by Gasteiger charge is 2.22. The van der Waals surface area contributed by atoms with Crippen LogP contribution in [0.4, 0.5) is 45.5 Å². The van der Waals surface area contributed by atoms with Gasteiger partial charge in [0.05, 0.1) is 52.9 Å². The van der Waals surface area contributed by atoms with Gasteiger partial charge in [-0.05, 0) is 121 Å². The van der Waals surface area contributed by atoms with E-state index >= 15 is 0 Å². The number of rotatable bonds is 10. The summed E-state index contributed by atoms with van der Waals surface area (Å²) in [7, 11) is 0. The Morgan fingerprint density at radius 3 is 1.39 bits per heavy atom. The molecule has 0 spiro atoms. The number of nitrogens with zero attached hydrogens (tertiary/aromatic N) is 8. The molecule has 0 radical (unpaired) electrons. The van der Waals surface area contributed by atoms with E-state index in [-0.39, 0.29) is 0 Å². The summed E-state index contributed by atoms with van der Waals surface area (Å²) in [5.74, 6) is 0.604. The molecule has 0 saturated carbocycles. The highest BCUT2D eigenvalue weighted by molar-refractivity contribution is 6.12. The van der Waals surface area contributed by atoms with Gasteiger partial charge in [-0.15, -0.1) is 0 Å². The zero-order valence-electron chi connectivity index (χ0n) is 37.0. The van der Waals surface area contributed by atoms with Crippen LogP contribution in [0.1, 0.15) is 5.56 Å². The first-order valence-corrected chi connectivity index (χ1v) is 22.4. The van der Waals surface area contributed by atoms with Crippen molar-refractivity contribution in [3.63, 3.8) is 0 Å². The molecule has 322 valence electrons. The molecule has 0 aliphatic rings. The Kier molecular flexibility index (Phi) is 10.9. The molecule has 11 rings (SSSR count). The number of hydrogen-bond acceptors (Lipinski definition) is 5. The molecule has 0 aliphatic heterocycles. The summed E-state index contributed by atoms with van der Waals surface area (Å²) >= 11 is 0. The van der Waals surface area contributed by atoms with Gasteiger partial charge in [-0.25, -0.2) is 19.7 Å². The predicted molar refractivity (Wildman–Crippen MR) is 279 cm³/mol. The van der Waals surface area contributed by atoms with Crippen molar-refractivity contribution in [1.29, 1.82) is 5.26 Å². The van der Waals surface area contributed by atoms with Crippen molar-refractivity contribution in [3.8, 4) is 45.7 Å². The zero-order valence-corrected chi connectivity index (χ0v) is 37.0. The van der Waals surface area contributed by atoms with Crippen LogP contribution in [-0.2, 0) is 0 Å². The average molecular weight is 883 g/mol. The van der Waals surface area contributed by atoms with Crippen molar-refractivity contribution in [2.75, 3.05) is 9.80 Å². The summed E-state index contributed by atoms with van der Waals surface area (Å²) in [5, 5.41) is 11.6. The van der Waals surface area contributed by atoms with Crippen LogP contribution < -0.4 is 9.80 Å². The standard InChI is InChI=1S/C61H38N8/c1-63-46-26-30-50(31-27-46)68(49-28-23-42(41-62)24-29-49)52-33-36-59-54(39-52)53-38-51(67(47-19-11-5-12-20-47)48-21-13-6-14-22-48)32-35-58(53)69(59)60-34-25-45(37-57(60)64-2)56-40-55(43-15-7-3-8-16-43)65-61(66-56)44-17-9-4-10-18-44/h3-40H. The second-order valence-corrected chi connectivity index (χ2v) is 16.4. The van der Waals surface area contributed by atoms with Gasteiger partial charge in [0.2, 0.25) is 5.69 Å². The minimum absolute atomic E-state index is 0.467. The molecular formula is C61H38N8. The minimum atomic E-state index is 0.467. The number of nitriles is 1. The van der Waals surface area contributed by atoms with E-state index in [0.29, 0.717) is 28.5 Å². The fraction of sp³-hybridized carbons (Fsp3) is 0. The minimum Gasteiger partial charge on any atom is -0.319 e. The third-order valence-corrected chi connectivity index (χ3v) is 12.2. The fourth-order valence-electron chi connectivity index (χ4n) is 8.98. The molecule has 11 aromatic rings.